The highest BCUT2D eigenvalue weighted by molar-refractivity contribution is 6.03. The maximum atomic E-state index is 15.7. The number of esters is 1. The maximum Gasteiger partial charge on any atom is 0.343 e. The third-order valence-corrected chi connectivity index (χ3v) is 16.3. The predicted octanol–water partition coefficient (Wildman–Crippen LogP) is 0.395. The first-order chi connectivity index (χ1) is 40.2. The monoisotopic (exact) mass is 1190 g/mol. The molecule has 0 aliphatic carbocycles. The van der Waals surface area contributed by atoms with Crippen LogP contribution in [0.2, 0.25) is 0 Å². The molecule has 1 aromatic carbocycles. The van der Waals surface area contributed by atoms with Gasteiger partial charge in [0.15, 0.2) is 11.4 Å². The van der Waals surface area contributed by atoms with Gasteiger partial charge in [-0.05, 0) is 67.7 Å². The summed E-state index contributed by atoms with van der Waals surface area (Å²) < 4.78 is 27.8. The summed E-state index contributed by atoms with van der Waals surface area (Å²) in [6.07, 6.45) is -6.79. The van der Waals surface area contributed by atoms with Gasteiger partial charge in [0.05, 0.1) is 47.8 Å². The number of aliphatic hydroxyl groups is 6. The molecule has 466 valence electrons. The third kappa shape index (κ3) is 15.6. The van der Waals surface area contributed by atoms with Gasteiger partial charge in [-0.1, -0.05) is 48.0 Å². The number of aliphatic hydroxyl groups excluding tert-OH is 5. The lowest BCUT2D eigenvalue weighted by molar-refractivity contribution is -0.172. The van der Waals surface area contributed by atoms with Gasteiger partial charge in [-0.2, -0.15) is 0 Å². The fourth-order valence-electron chi connectivity index (χ4n) is 11.0. The molecule has 3 aliphatic heterocycles. The van der Waals surface area contributed by atoms with Crippen LogP contribution in [0.1, 0.15) is 139 Å². The van der Waals surface area contributed by atoms with Crippen LogP contribution in [0.25, 0.3) is 22.3 Å². The lowest BCUT2D eigenvalue weighted by Gasteiger charge is -2.31. The Hall–Kier alpha value is -6.94. The highest BCUT2D eigenvalue weighted by Gasteiger charge is 2.46. The van der Waals surface area contributed by atoms with Crippen LogP contribution in [0.5, 0.6) is 0 Å². The van der Waals surface area contributed by atoms with Crippen molar-refractivity contribution in [2.75, 3.05) is 33.0 Å². The standard InChI is InChI=1S/C59H80FN7O18/c1-8-35-37-24-67-42(20-39-38(57(67)81)26-85-58(82)59(39,83)9-2)51(37)64-41-21-40(60)32(7)36(49(35)41)22-61-47(74)27-84-28-63-54(78)30(5)17-43(70)50(29(3)4)65-55(79)33(14-15-46(73)62-23-44(71)52(76)53(77)45(72)25-68)19-34(69)13-11-10-12-16-66-48(75)18-31(6)56(66)80/h20-21,29-31,33,44-45,50,52-53,68,71-72,76-77,83H,8-19,22-28H2,1-7H3,(H,61,74)(H,62,73)(H,63,78)(H,65,79)/t30-,31?,33-,44+,45-,50+,52-,53-,59+/m1/s1. The number of hydrogen-bond donors (Lipinski definition) is 10. The van der Waals surface area contributed by atoms with Gasteiger partial charge in [-0.25, -0.2) is 14.2 Å². The molecule has 1 fully saturated rings. The second kappa shape index (κ2) is 29.4. The summed E-state index contributed by atoms with van der Waals surface area (Å²) in [4.78, 5) is 137. The van der Waals surface area contributed by atoms with E-state index in [1.165, 1.54) is 22.5 Å². The molecule has 5 heterocycles. The van der Waals surface area contributed by atoms with E-state index in [2.05, 4.69) is 21.3 Å². The summed E-state index contributed by atoms with van der Waals surface area (Å²) in [5.74, 6) is -8.51. The number of unbranched alkanes of at least 4 members (excludes halogenated alkanes) is 2. The van der Waals surface area contributed by atoms with Crippen molar-refractivity contribution >= 4 is 63.9 Å². The minimum atomic E-state index is -2.04. The number of pyridine rings is 2. The van der Waals surface area contributed by atoms with Crippen LogP contribution in [0.4, 0.5) is 4.39 Å². The van der Waals surface area contributed by atoms with Crippen molar-refractivity contribution in [2.45, 2.75) is 175 Å². The summed E-state index contributed by atoms with van der Waals surface area (Å²) in [6.45, 7) is 8.93. The highest BCUT2D eigenvalue weighted by Crippen LogP contribution is 2.42. The molecular weight excluding hydrogens is 1110 g/mol. The molecule has 1 saturated heterocycles. The van der Waals surface area contributed by atoms with Gasteiger partial charge in [-0.15, -0.1) is 0 Å². The molecule has 85 heavy (non-hydrogen) atoms. The Balaban J connectivity index is 1.02. The molecule has 3 aromatic rings. The van der Waals surface area contributed by atoms with E-state index in [0.29, 0.717) is 53.6 Å². The summed E-state index contributed by atoms with van der Waals surface area (Å²) in [6, 6.07) is 1.71. The van der Waals surface area contributed by atoms with Crippen LogP contribution in [0, 0.1) is 36.4 Å². The molecular formula is C59H80FN7O18. The lowest BCUT2D eigenvalue weighted by atomic mass is 9.86. The smallest absolute Gasteiger partial charge is 0.343 e. The Morgan fingerprint density at radius 3 is 2.24 bits per heavy atom. The van der Waals surface area contributed by atoms with E-state index in [0.717, 1.165) is 5.56 Å². The number of aryl methyl sites for hydroxylation is 1. The zero-order chi connectivity index (χ0) is 62.8. The molecule has 6 amide bonds. The van der Waals surface area contributed by atoms with E-state index in [1.807, 2.05) is 6.92 Å². The number of hydrogen-bond acceptors (Lipinski definition) is 19. The number of likely N-dealkylation sites (tertiary alicyclic amines) is 1. The van der Waals surface area contributed by atoms with Crippen LogP contribution in [0.3, 0.4) is 0 Å². The zero-order valence-electron chi connectivity index (χ0n) is 49.1. The predicted molar refractivity (Wildman–Crippen MR) is 300 cm³/mol. The van der Waals surface area contributed by atoms with Crippen molar-refractivity contribution in [2.24, 2.45) is 23.7 Å². The normalized spacial score (nSPS) is 18.8. The van der Waals surface area contributed by atoms with Crippen LogP contribution in [-0.4, -0.2) is 162 Å². The van der Waals surface area contributed by atoms with Crippen LogP contribution < -0.4 is 26.8 Å². The number of imide groups is 1. The molecule has 25 nitrogen and oxygen atoms in total. The van der Waals surface area contributed by atoms with E-state index in [-0.39, 0.29) is 117 Å². The Labute approximate surface area is 490 Å². The molecule has 0 spiro atoms. The molecule has 2 aromatic heterocycles. The topological polar surface area (TPSA) is 380 Å². The number of carbonyl (C=O) groups is 9. The molecule has 6 rings (SSSR count). The summed E-state index contributed by atoms with van der Waals surface area (Å²) in [5.41, 5.74) is 0.959. The third-order valence-electron chi connectivity index (χ3n) is 16.3. The first-order valence-electron chi connectivity index (χ1n) is 28.9. The largest absolute Gasteiger partial charge is 0.458 e. The number of Topliss-reactive ketones (excluding diaryl/α,β-unsaturated/α-hetero) is 2. The average molecular weight is 1190 g/mol. The number of ketones is 2. The maximum absolute atomic E-state index is 15.7. The van der Waals surface area contributed by atoms with E-state index in [1.54, 1.807) is 40.7 Å². The summed E-state index contributed by atoms with van der Waals surface area (Å²) >= 11 is 0. The molecule has 10 N–H and O–H groups in total. The van der Waals surface area contributed by atoms with Gasteiger partial charge in [0.1, 0.15) is 49.9 Å². The number of halogens is 1. The van der Waals surface area contributed by atoms with Crippen LogP contribution in [-0.2, 0) is 84.3 Å². The number of fused-ring (bicyclic) bond motifs is 5. The van der Waals surface area contributed by atoms with Crippen LogP contribution >= 0.6 is 0 Å². The second-order valence-electron chi connectivity index (χ2n) is 22.7. The van der Waals surface area contributed by atoms with Crippen molar-refractivity contribution in [1.29, 1.82) is 0 Å². The van der Waals surface area contributed by atoms with Crippen molar-refractivity contribution in [3.05, 3.63) is 61.7 Å². The van der Waals surface area contributed by atoms with Crippen molar-refractivity contribution in [1.82, 2.24) is 35.7 Å². The zero-order valence-corrected chi connectivity index (χ0v) is 49.1. The Morgan fingerprint density at radius 1 is 0.882 bits per heavy atom. The molecule has 0 saturated carbocycles. The Morgan fingerprint density at radius 2 is 1.59 bits per heavy atom. The number of aromatic nitrogens is 2. The number of carbonyl (C=O) groups excluding carboxylic acids is 9. The number of amides is 6. The van der Waals surface area contributed by atoms with E-state index in [9.17, 15) is 73.5 Å². The number of cyclic esters (lactones) is 1. The second-order valence-corrected chi connectivity index (χ2v) is 22.7. The minimum Gasteiger partial charge on any atom is -0.458 e. The van der Waals surface area contributed by atoms with E-state index < -0.39 is 127 Å². The Bertz CT molecular complexity index is 3110. The minimum absolute atomic E-state index is 0.0284. The van der Waals surface area contributed by atoms with Gasteiger partial charge < -0.3 is 65.9 Å². The number of benzene rings is 1. The lowest BCUT2D eigenvalue weighted by Crippen LogP contribution is -2.49. The molecule has 0 radical (unpaired) electrons. The summed E-state index contributed by atoms with van der Waals surface area (Å²) in [7, 11) is 0. The number of nitrogens with one attached hydrogen (secondary N) is 4. The van der Waals surface area contributed by atoms with E-state index in [4.69, 9.17) is 19.6 Å². The van der Waals surface area contributed by atoms with Crippen molar-refractivity contribution in [3.63, 3.8) is 0 Å². The van der Waals surface area contributed by atoms with Gasteiger partial charge in [0.25, 0.3) is 5.56 Å². The quantitative estimate of drug-likeness (QED) is 0.0137. The number of ether oxygens (including phenoxy) is 2. The first-order valence-corrected chi connectivity index (χ1v) is 28.9. The molecule has 3 aliphatic rings. The molecule has 9 atom stereocenters. The molecule has 0 bridgehead atoms. The molecule has 26 heteroatoms. The van der Waals surface area contributed by atoms with Gasteiger partial charge in [0, 0.05) is 92.1 Å². The van der Waals surface area contributed by atoms with Crippen molar-refractivity contribution in [3.8, 4) is 11.4 Å². The Kier molecular flexibility index (Phi) is 23.3. The first kappa shape index (κ1) is 67.2. The van der Waals surface area contributed by atoms with E-state index >= 15 is 4.39 Å². The van der Waals surface area contributed by atoms with Crippen molar-refractivity contribution < 1.29 is 87.7 Å². The fourth-order valence-corrected chi connectivity index (χ4v) is 11.0. The summed E-state index contributed by atoms with van der Waals surface area (Å²) in [5, 5.41) is 71.2. The fraction of sp³-hybridized carbons (Fsp3) is 0.610. The SMILES string of the molecule is CCc1c2c(nc3cc(F)c(C)c(CNC(=O)COCNC(=O)[C@H](C)CC(=O)[C@@H](NC(=O)[C@H](CCC(=O)NC[C@H](O)[C@@H](O)[C@H](O)[C@H](O)CO)CC(=O)CCCCCN4C(=O)CC(C)C4=O)C(C)C)c13)-c1cc3c(c(=O)n1C2)COC(=O)[C@]3(O)CC. The number of nitrogens with zero attached hydrogens (tertiary/aromatic N) is 3. The van der Waals surface area contributed by atoms with Gasteiger partial charge in [0.2, 0.25) is 35.4 Å². The number of rotatable bonds is 32. The highest BCUT2D eigenvalue weighted by atomic mass is 19.1. The van der Waals surface area contributed by atoms with Gasteiger partial charge >= 0.3 is 5.97 Å². The molecule has 1 unspecified atom stereocenters. The van der Waals surface area contributed by atoms with Gasteiger partial charge in [-0.3, -0.25) is 48.1 Å². The van der Waals surface area contributed by atoms with Crippen LogP contribution in [0.15, 0.2) is 16.9 Å². The average Bonchev–Trinajstić information content (AvgIpc) is 1.72.